The number of pyridine rings is 1. The standard InChI is InChI=1S/C20H17N3O2/c1-24-20-18(11-22)16(6-7-23-20)12-2-4-15-13(8-12)3-5-19-17(15)9-14(10-21)25-19/h2-8,14H,9-10,21H2,1H3/t14-/m1/s1. The summed E-state index contributed by atoms with van der Waals surface area (Å²) in [6.45, 7) is 0.511. The van der Waals surface area contributed by atoms with Crippen molar-refractivity contribution < 1.29 is 9.47 Å². The molecule has 5 heteroatoms. The molecule has 0 saturated heterocycles. The summed E-state index contributed by atoms with van der Waals surface area (Å²) in [7, 11) is 1.52. The molecule has 1 atom stereocenters. The maximum absolute atomic E-state index is 9.49. The van der Waals surface area contributed by atoms with E-state index in [1.807, 2.05) is 24.3 Å². The highest BCUT2D eigenvalue weighted by Gasteiger charge is 2.23. The van der Waals surface area contributed by atoms with Crippen LogP contribution >= 0.6 is 0 Å². The molecule has 2 aromatic carbocycles. The van der Waals surface area contributed by atoms with Crippen molar-refractivity contribution in [2.45, 2.75) is 12.5 Å². The van der Waals surface area contributed by atoms with E-state index in [-0.39, 0.29) is 6.10 Å². The molecule has 1 aliphatic rings. The van der Waals surface area contributed by atoms with E-state index in [9.17, 15) is 5.26 Å². The van der Waals surface area contributed by atoms with E-state index in [4.69, 9.17) is 15.2 Å². The van der Waals surface area contributed by atoms with Gasteiger partial charge >= 0.3 is 0 Å². The number of benzene rings is 2. The summed E-state index contributed by atoms with van der Waals surface area (Å²) in [5.41, 5.74) is 9.16. The van der Waals surface area contributed by atoms with Crippen molar-refractivity contribution in [3.8, 4) is 28.8 Å². The van der Waals surface area contributed by atoms with Crippen LogP contribution in [0.25, 0.3) is 21.9 Å². The lowest BCUT2D eigenvalue weighted by Crippen LogP contribution is -2.24. The molecule has 0 spiro atoms. The van der Waals surface area contributed by atoms with Crippen molar-refractivity contribution >= 4 is 10.8 Å². The minimum Gasteiger partial charge on any atom is -0.488 e. The molecular weight excluding hydrogens is 314 g/mol. The van der Waals surface area contributed by atoms with Crippen LogP contribution in [-0.2, 0) is 6.42 Å². The van der Waals surface area contributed by atoms with Crippen LogP contribution in [0.3, 0.4) is 0 Å². The lowest BCUT2D eigenvalue weighted by molar-refractivity contribution is 0.241. The van der Waals surface area contributed by atoms with Gasteiger partial charge in [0.2, 0.25) is 5.88 Å². The van der Waals surface area contributed by atoms with E-state index >= 15 is 0 Å². The fraction of sp³-hybridized carbons (Fsp3) is 0.200. The number of rotatable bonds is 3. The Labute approximate surface area is 145 Å². The lowest BCUT2D eigenvalue weighted by Gasteiger charge is -2.10. The Kier molecular flexibility index (Phi) is 3.75. The largest absolute Gasteiger partial charge is 0.488 e. The van der Waals surface area contributed by atoms with E-state index in [1.165, 1.54) is 12.7 Å². The third-order valence-corrected chi connectivity index (χ3v) is 4.61. The Hall–Kier alpha value is -3.10. The van der Waals surface area contributed by atoms with Crippen LogP contribution in [-0.4, -0.2) is 24.7 Å². The van der Waals surface area contributed by atoms with Crippen molar-refractivity contribution in [1.82, 2.24) is 4.98 Å². The van der Waals surface area contributed by atoms with Gasteiger partial charge in [-0.05, 0) is 34.5 Å². The van der Waals surface area contributed by atoms with Gasteiger partial charge in [0.25, 0.3) is 0 Å². The Morgan fingerprint density at radius 1 is 1.32 bits per heavy atom. The highest BCUT2D eigenvalue weighted by Crippen LogP contribution is 2.37. The Balaban J connectivity index is 1.85. The molecule has 0 radical (unpaired) electrons. The Morgan fingerprint density at radius 2 is 2.20 bits per heavy atom. The average Bonchev–Trinajstić information content (AvgIpc) is 3.10. The number of nitrogens with two attached hydrogens (primary N) is 1. The maximum atomic E-state index is 9.49. The molecule has 1 aliphatic heterocycles. The predicted octanol–water partition coefficient (Wildman–Crippen LogP) is 3.04. The number of aromatic nitrogens is 1. The van der Waals surface area contributed by atoms with Gasteiger partial charge in [0.15, 0.2) is 0 Å². The molecule has 0 aliphatic carbocycles. The van der Waals surface area contributed by atoms with Crippen LogP contribution in [0, 0.1) is 11.3 Å². The lowest BCUT2D eigenvalue weighted by atomic mass is 9.95. The summed E-state index contributed by atoms with van der Waals surface area (Å²) in [4.78, 5) is 4.11. The summed E-state index contributed by atoms with van der Waals surface area (Å²) in [6.07, 6.45) is 2.53. The van der Waals surface area contributed by atoms with Crippen LogP contribution in [0.5, 0.6) is 11.6 Å². The third kappa shape index (κ3) is 2.48. The normalized spacial score (nSPS) is 15.5. The summed E-state index contributed by atoms with van der Waals surface area (Å²) >= 11 is 0. The van der Waals surface area contributed by atoms with Crippen molar-refractivity contribution in [2.24, 2.45) is 5.73 Å². The highest BCUT2D eigenvalue weighted by molar-refractivity contribution is 5.92. The van der Waals surface area contributed by atoms with Crippen LogP contribution in [0.4, 0.5) is 0 Å². The Morgan fingerprint density at radius 3 is 2.96 bits per heavy atom. The molecule has 25 heavy (non-hydrogen) atoms. The number of nitrogens with zero attached hydrogens (tertiary/aromatic N) is 2. The minimum atomic E-state index is 0.0509. The molecule has 0 fully saturated rings. The minimum absolute atomic E-state index is 0.0509. The van der Waals surface area contributed by atoms with E-state index < -0.39 is 0 Å². The molecule has 4 rings (SSSR count). The number of fused-ring (bicyclic) bond motifs is 3. The number of ether oxygens (including phenoxy) is 2. The molecule has 0 unspecified atom stereocenters. The zero-order valence-corrected chi connectivity index (χ0v) is 13.8. The van der Waals surface area contributed by atoms with Gasteiger partial charge in [-0.15, -0.1) is 0 Å². The predicted molar refractivity (Wildman–Crippen MR) is 95.6 cm³/mol. The molecular formula is C20H17N3O2. The summed E-state index contributed by atoms with van der Waals surface area (Å²) in [5, 5.41) is 11.8. The molecule has 0 saturated carbocycles. The molecule has 0 bridgehead atoms. The van der Waals surface area contributed by atoms with Gasteiger partial charge in [-0.1, -0.05) is 18.2 Å². The molecule has 2 N–H and O–H groups in total. The number of hydrogen-bond acceptors (Lipinski definition) is 5. The zero-order valence-electron chi connectivity index (χ0n) is 13.8. The number of nitriles is 1. The van der Waals surface area contributed by atoms with E-state index in [0.717, 1.165) is 34.1 Å². The zero-order chi connectivity index (χ0) is 17.4. The fourth-order valence-electron chi connectivity index (χ4n) is 3.39. The maximum Gasteiger partial charge on any atom is 0.232 e. The van der Waals surface area contributed by atoms with Gasteiger partial charge in [0.1, 0.15) is 23.5 Å². The summed E-state index contributed by atoms with van der Waals surface area (Å²) < 4.78 is 11.1. The fourth-order valence-corrected chi connectivity index (χ4v) is 3.39. The molecule has 1 aromatic heterocycles. The first-order valence-electron chi connectivity index (χ1n) is 8.11. The van der Waals surface area contributed by atoms with Gasteiger partial charge in [-0.3, -0.25) is 0 Å². The van der Waals surface area contributed by atoms with Gasteiger partial charge in [0, 0.05) is 30.3 Å². The van der Waals surface area contributed by atoms with Crippen LogP contribution in [0.15, 0.2) is 42.6 Å². The first-order chi connectivity index (χ1) is 12.2. The Bertz CT molecular complexity index is 1010. The number of methoxy groups -OCH3 is 1. The molecule has 5 nitrogen and oxygen atoms in total. The smallest absolute Gasteiger partial charge is 0.232 e. The molecule has 3 aromatic rings. The third-order valence-electron chi connectivity index (χ3n) is 4.61. The quantitative estimate of drug-likeness (QED) is 0.798. The van der Waals surface area contributed by atoms with Crippen LogP contribution in [0.2, 0.25) is 0 Å². The van der Waals surface area contributed by atoms with Crippen molar-refractivity contribution in [3.63, 3.8) is 0 Å². The summed E-state index contributed by atoms with van der Waals surface area (Å²) in [6, 6.07) is 14.3. The second-order valence-electron chi connectivity index (χ2n) is 6.01. The first-order valence-corrected chi connectivity index (χ1v) is 8.11. The van der Waals surface area contributed by atoms with Crippen LogP contribution in [0.1, 0.15) is 11.1 Å². The van der Waals surface area contributed by atoms with E-state index in [0.29, 0.717) is 18.0 Å². The van der Waals surface area contributed by atoms with Crippen LogP contribution < -0.4 is 15.2 Å². The molecule has 2 heterocycles. The van der Waals surface area contributed by atoms with Crippen molar-refractivity contribution in [1.29, 1.82) is 5.26 Å². The van der Waals surface area contributed by atoms with Crippen molar-refractivity contribution in [2.75, 3.05) is 13.7 Å². The second kappa shape index (κ2) is 6.08. The van der Waals surface area contributed by atoms with Gasteiger partial charge in [-0.25, -0.2) is 4.98 Å². The van der Waals surface area contributed by atoms with E-state index in [1.54, 1.807) is 6.20 Å². The molecule has 124 valence electrons. The van der Waals surface area contributed by atoms with Gasteiger partial charge in [-0.2, -0.15) is 5.26 Å². The van der Waals surface area contributed by atoms with Gasteiger partial charge < -0.3 is 15.2 Å². The first kappa shape index (κ1) is 15.4. The second-order valence-corrected chi connectivity index (χ2v) is 6.01. The SMILES string of the molecule is COc1nccc(-c2ccc3c4c(ccc3c2)O[C@@H](CN)C4)c1C#N. The van der Waals surface area contributed by atoms with Crippen molar-refractivity contribution in [3.05, 3.63) is 53.7 Å². The highest BCUT2D eigenvalue weighted by atomic mass is 16.5. The number of hydrogen-bond donors (Lipinski definition) is 1. The average molecular weight is 331 g/mol. The topological polar surface area (TPSA) is 81.2 Å². The summed E-state index contributed by atoms with van der Waals surface area (Å²) in [5.74, 6) is 1.26. The van der Waals surface area contributed by atoms with E-state index in [2.05, 4.69) is 23.2 Å². The monoisotopic (exact) mass is 331 g/mol. The van der Waals surface area contributed by atoms with Gasteiger partial charge in [0.05, 0.1) is 7.11 Å². The molecule has 0 amide bonds.